The first-order chi connectivity index (χ1) is 14.5. The largest absolute Gasteiger partial charge is 0.482 e. The summed E-state index contributed by atoms with van der Waals surface area (Å²) in [6, 6.07) is 7.75. The minimum absolute atomic E-state index is 0.212. The van der Waals surface area contributed by atoms with Gasteiger partial charge in [0.05, 0.1) is 0 Å². The van der Waals surface area contributed by atoms with Gasteiger partial charge in [0.25, 0.3) is 0 Å². The topological polar surface area (TPSA) is 65.1 Å². The van der Waals surface area contributed by atoms with Gasteiger partial charge in [-0.3, -0.25) is 0 Å². The van der Waals surface area contributed by atoms with Crippen molar-refractivity contribution in [1.82, 2.24) is 0 Å². The number of hydrogen-bond donors (Lipinski definition) is 0. The summed E-state index contributed by atoms with van der Waals surface area (Å²) in [5.41, 5.74) is -2.19. The molecule has 2 aromatic carbocycles. The van der Waals surface area contributed by atoms with Crippen molar-refractivity contribution in [3.63, 3.8) is 0 Å². The molecule has 176 valence electrons. The first-order valence-electron chi connectivity index (χ1n) is 9.65. The highest BCUT2D eigenvalue weighted by Gasteiger charge is 2.37. The number of hydrogen-bond acceptors (Lipinski definition) is 5. The lowest BCUT2D eigenvalue weighted by Gasteiger charge is -2.30. The zero-order valence-corrected chi connectivity index (χ0v) is 20.2. The van der Waals surface area contributed by atoms with Crippen molar-refractivity contribution in [2.24, 2.45) is 0 Å². The second-order valence-corrected chi connectivity index (χ2v) is 9.89. The SMILES string of the molecule is CC(C)(C)OC(=O)N(C(=O)OC(C)(C)C)c1c(OCC(F)(F)F)ccc2ccc(Br)cc12. The van der Waals surface area contributed by atoms with Crippen LogP contribution in [0.25, 0.3) is 10.8 Å². The van der Waals surface area contributed by atoms with Crippen molar-refractivity contribution < 1.29 is 37.0 Å². The highest BCUT2D eigenvalue weighted by molar-refractivity contribution is 9.10. The summed E-state index contributed by atoms with van der Waals surface area (Å²) in [6.45, 7) is 7.96. The molecule has 2 aromatic rings. The van der Waals surface area contributed by atoms with Gasteiger partial charge in [-0.2, -0.15) is 18.1 Å². The Bertz CT molecular complexity index is 982. The van der Waals surface area contributed by atoms with E-state index in [1.54, 1.807) is 59.7 Å². The van der Waals surface area contributed by atoms with Crippen molar-refractivity contribution >= 4 is 44.6 Å². The summed E-state index contributed by atoms with van der Waals surface area (Å²) in [7, 11) is 0. The van der Waals surface area contributed by atoms with Gasteiger partial charge in [-0.25, -0.2) is 9.59 Å². The van der Waals surface area contributed by atoms with Gasteiger partial charge in [-0.1, -0.05) is 28.1 Å². The second-order valence-electron chi connectivity index (χ2n) is 8.98. The lowest BCUT2D eigenvalue weighted by Crippen LogP contribution is -2.44. The molecule has 0 bridgehead atoms. The first-order valence-corrected chi connectivity index (χ1v) is 10.4. The van der Waals surface area contributed by atoms with Gasteiger partial charge in [0.15, 0.2) is 6.61 Å². The maximum atomic E-state index is 13.1. The number of anilines is 1. The quantitative estimate of drug-likeness (QED) is 0.428. The Morgan fingerprint density at radius 3 is 1.88 bits per heavy atom. The highest BCUT2D eigenvalue weighted by Crippen LogP contribution is 2.40. The Morgan fingerprint density at radius 1 is 0.906 bits per heavy atom. The van der Waals surface area contributed by atoms with Crippen LogP contribution in [0.3, 0.4) is 0 Å². The number of nitrogens with zero attached hydrogens (tertiary/aromatic N) is 1. The van der Waals surface area contributed by atoms with E-state index in [-0.39, 0.29) is 16.8 Å². The molecule has 0 unspecified atom stereocenters. The molecule has 0 saturated carbocycles. The molecule has 0 spiro atoms. The van der Waals surface area contributed by atoms with Crippen LogP contribution in [0.5, 0.6) is 5.75 Å². The van der Waals surface area contributed by atoms with Gasteiger partial charge < -0.3 is 14.2 Å². The van der Waals surface area contributed by atoms with Gasteiger partial charge >= 0.3 is 18.4 Å². The van der Waals surface area contributed by atoms with Gasteiger partial charge in [0, 0.05) is 9.86 Å². The number of fused-ring (bicyclic) bond motifs is 1. The molecule has 0 aliphatic rings. The van der Waals surface area contributed by atoms with Crippen LogP contribution in [0.15, 0.2) is 34.8 Å². The highest BCUT2D eigenvalue weighted by atomic mass is 79.9. The van der Waals surface area contributed by atoms with Crippen LogP contribution in [0.1, 0.15) is 41.5 Å². The average Bonchev–Trinajstić information content (AvgIpc) is 2.57. The van der Waals surface area contributed by atoms with E-state index < -0.39 is 36.2 Å². The first kappa shape index (κ1) is 25.8. The Kier molecular flexibility index (Phi) is 7.38. The van der Waals surface area contributed by atoms with Crippen molar-refractivity contribution in [3.8, 4) is 5.75 Å². The van der Waals surface area contributed by atoms with Crippen LogP contribution in [-0.4, -0.2) is 36.2 Å². The number of ether oxygens (including phenoxy) is 3. The van der Waals surface area contributed by atoms with E-state index >= 15 is 0 Å². The summed E-state index contributed by atoms with van der Waals surface area (Å²) in [5, 5.41) is 0.843. The Morgan fingerprint density at radius 2 is 1.41 bits per heavy atom. The number of benzene rings is 2. The Labute approximate surface area is 192 Å². The fourth-order valence-electron chi connectivity index (χ4n) is 2.64. The number of carbonyl (C=O) groups is 2. The lowest BCUT2D eigenvalue weighted by molar-refractivity contribution is -0.153. The minimum atomic E-state index is -4.63. The molecular weight excluding hydrogens is 495 g/mol. The predicted molar refractivity (Wildman–Crippen MR) is 118 cm³/mol. The molecule has 32 heavy (non-hydrogen) atoms. The Hall–Kier alpha value is -2.49. The molecule has 0 heterocycles. The molecule has 2 amide bonds. The molecule has 0 fully saturated rings. The lowest BCUT2D eigenvalue weighted by atomic mass is 10.1. The van der Waals surface area contributed by atoms with Crippen LogP contribution in [0, 0.1) is 0 Å². The number of alkyl halides is 3. The molecule has 10 heteroatoms. The normalized spacial score (nSPS) is 12.4. The molecule has 0 saturated heterocycles. The van der Waals surface area contributed by atoms with E-state index in [2.05, 4.69) is 15.9 Å². The number of halogens is 4. The summed E-state index contributed by atoms with van der Waals surface area (Å²) in [4.78, 5) is 26.7. The molecular formula is C22H25BrF3NO5. The third-order valence-corrected chi connectivity index (χ3v) is 4.18. The van der Waals surface area contributed by atoms with Crippen LogP contribution >= 0.6 is 15.9 Å². The van der Waals surface area contributed by atoms with Crippen LogP contribution < -0.4 is 9.64 Å². The molecule has 0 aliphatic carbocycles. The summed E-state index contributed by atoms with van der Waals surface area (Å²) in [6.07, 6.45) is -6.86. The van der Waals surface area contributed by atoms with Crippen molar-refractivity contribution in [3.05, 3.63) is 34.8 Å². The molecule has 0 N–H and O–H groups in total. The van der Waals surface area contributed by atoms with Crippen LogP contribution in [-0.2, 0) is 9.47 Å². The van der Waals surface area contributed by atoms with E-state index in [0.29, 0.717) is 14.8 Å². The molecule has 0 aromatic heterocycles. The minimum Gasteiger partial charge on any atom is -0.482 e. The number of amides is 2. The average molecular weight is 520 g/mol. The van der Waals surface area contributed by atoms with Gasteiger partial charge in [0.2, 0.25) is 0 Å². The number of imide groups is 1. The van der Waals surface area contributed by atoms with Crippen LogP contribution in [0.4, 0.5) is 28.4 Å². The van der Waals surface area contributed by atoms with Gasteiger partial charge in [0.1, 0.15) is 22.6 Å². The molecule has 6 nitrogen and oxygen atoms in total. The van der Waals surface area contributed by atoms with Gasteiger partial charge in [-0.05, 0) is 65.1 Å². The standard InChI is InChI=1S/C22H25BrF3NO5/c1-20(2,3)31-18(28)27(19(29)32-21(4,5)6)17-15-11-14(23)9-7-13(15)8-10-16(17)30-12-22(24,25)26/h7-11H,12H2,1-6H3. The summed E-state index contributed by atoms with van der Waals surface area (Å²) in [5.74, 6) is -0.329. The monoisotopic (exact) mass is 519 g/mol. The van der Waals surface area contributed by atoms with Crippen LogP contribution in [0.2, 0.25) is 0 Å². The van der Waals surface area contributed by atoms with E-state index in [9.17, 15) is 22.8 Å². The Balaban J connectivity index is 2.76. The fourth-order valence-corrected chi connectivity index (χ4v) is 3.00. The fraction of sp³-hybridized carbons (Fsp3) is 0.455. The zero-order chi connectivity index (χ0) is 24.5. The summed E-state index contributed by atoms with van der Waals surface area (Å²) < 4.78 is 55.0. The number of carbonyl (C=O) groups excluding carboxylic acids is 2. The van der Waals surface area contributed by atoms with Crippen molar-refractivity contribution in [2.45, 2.75) is 58.9 Å². The van der Waals surface area contributed by atoms with Gasteiger partial charge in [-0.15, -0.1) is 0 Å². The zero-order valence-electron chi connectivity index (χ0n) is 18.6. The van der Waals surface area contributed by atoms with E-state index in [1.165, 1.54) is 12.1 Å². The molecule has 0 atom stereocenters. The molecule has 0 radical (unpaired) electrons. The maximum Gasteiger partial charge on any atom is 0.424 e. The van der Waals surface area contributed by atoms with E-state index in [0.717, 1.165) is 0 Å². The van der Waals surface area contributed by atoms with Crippen molar-refractivity contribution in [1.29, 1.82) is 0 Å². The number of rotatable bonds is 3. The van der Waals surface area contributed by atoms with E-state index in [4.69, 9.17) is 14.2 Å². The molecule has 2 rings (SSSR count). The maximum absolute atomic E-state index is 13.1. The second kappa shape index (κ2) is 9.17. The van der Waals surface area contributed by atoms with Crippen molar-refractivity contribution in [2.75, 3.05) is 11.5 Å². The summed E-state index contributed by atoms with van der Waals surface area (Å²) >= 11 is 3.31. The molecule has 0 aliphatic heterocycles. The predicted octanol–water partition coefficient (Wildman–Crippen LogP) is 7.22. The van der Waals surface area contributed by atoms with E-state index in [1.807, 2.05) is 0 Å². The third kappa shape index (κ3) is 7.29. The third-order valence-electron chi connectivity index (χ3n) is 3.69. The smallest absolute Gasteiger partial charge is 0.424 e.